The number of ether oxygens (including phenoxy) is 2. The second-order valence-electron chi connectivity index (χ2n) is 4.54. The normalized spacial score (nSPS) is 10.7. The number of esters is 1. The minimum absolute atomic E-state index is 0.0769. The number of nitrogens with zero attached hydrogens (tertiary/aromatic N) is 2. The first-order valence-corrected chi connectivity index (χ1v) is 7.87. The maximum absolute atomic E-state index is 11.8. The van der Waals surface area contributed by atoms with Crippen molar-refractivity contribution >= 4 is 33.9 Å². The third kappa shape index (κ3) is 3.88. The molecule has 23 heavy (non-hydrogen) atoms. The smallest absolute Gasteiger partial charge is 0.344 e. The number of halogens is 1. The van der Waals surface area contributed by atoms with Crippen LogP contribution in [0.15, 0.2) is 46.7 Å². The van der Waals surface area contributed by atoms with Gasteiger partial charge < -0.3 is 9.47 Å². The molecule has 0 saturated carbocycles. The summed E-state index contributed by atoms with van der Waals surface area (Å²) in [5.41, 5.74) is 0.192. The summed E-state index contributed by atoms with van der Waals surface area (Å²) in [4.78, 5) is 28.3. The van der Waals surface area contributed by atoms with E-state index >= 15 is 0 Å². The zero-order chi connectivity index (χ0) is 16.2. The van der Waals surface area contributed by atoms with Crippen molar-refractivity contribution in [3.8, 4) is 5.75 Å². The molecule has 0 atom stereocenters. The molecule has 118 valence electrons. The van der Waals surface area contributed by atoms with Gasteiger partial charge in [0.1, 0.15) is 12.4 Å². The van der Waals surface area contributed by atoms with Crippen molar-refractivity contribution < 1.29 is 14.3 Å². The lowest BCUT2D eigenvalue weighted by Crippen LogP contribution is -2.17. The van der Waals surface area contributed by atoms with Crippen LogP contribution in [0.5, 0.6) is 5.75 Å². The average molecular weight is 351 g/mol. The van der Waals surface area contributed by atoms with Crippen LogP contribution in [0.2, 0.25) is 5.02 Å². The highest BCUT2D eigenvalue weighted by atomic mass is 35.5. The van der Waals surface area contributed by atoms with Crippen molar-refractivity contribution in [2.24, 2.45) is 0 Å². The van der Waals surface area contributed by atoms with Gasteiger partial charge >= 0.3 is 5.97 Å². The van der Waals surface area contributed by atoms with E-state index in [0.29, 0.717) is 21.4 Å². The molecule has 0 amide bonds. The minimum Gasteiger partial charge on any atom is -0.482 e. The molecule has 0 spiro atoms. The standard InChI is InChI=1S/C15H11ClN2O4S/c16-10-1-3-12(4-2-10)21-9-14(20)22-8-11-7-13(19)18-5-6-23-15(18)17-11/h1-7H,8-9H2. The molecular formula is C15H11ClN2O4S. The predicted molar refractivity (Wildman–Crippen MR) is 86.1 cm³/mol. The molecule has 0 fully saturated rings. The van der Waals surface area contributed by atoms with Crippen LogP contribution in [0.4, 0.5) is 0 Å². The van der Waals surface area contributed by atoms with Crippen molar-refractivity contribution in [1.82, 2.24) is 9.38 Å². The van der Waals surface area contributed by atoms with Gasteiger partial charge in [0.15, 0.2) is 11.6 Å². The molecule has 0 unspecified atom stereocenters. The van der Waals surface area contributed by atoms with E-state index in [1.54, 1.807) is 35.8 Å². The molecule has 0 radical (unpaired) electrons. The Kier molecular flexibility index (Phi) is 4.59. The van der Waals surface area contributed by atoms with Gasteiger partial charge in [0.25, 0.3) is 5.56 Å². The van der Waals surface area contributed by atoms with E-state index in [2.05, 4.69) is 4.98 Å². The Bertz CT molecular complexity index is 888. The highest BCUT2D eigenvalue weighted by Gasteiger charge is 2.08. The first-order valence-electron chi connectivity index (χ1n) is 6.61. The van der Waals surface area contributed by atoms with Gasteiger partial charge in [0, 0.05) is 22.7 Å². The number of rotatable bonds is 5. The molecular weight excluding hydrogens is 340 g/mol. The zero-order valence-corrected chi connectivity index (χ0v) is 13.3. The number of carbonyl (C=O) groups is 1. The number of benzene rings is 1. The van der Waals surface area contributed by atoms with Gasteiger partial charge in [-0.1, -0.05) is 11.6 Å². The topological polar surface area (TPSA) is 69.9 Å². The third-order valence-corrected chi connectivity index (χ3v) is 3.92. The molecule has 0 bridgehead atoms. The summed E-state index contributed by atoms with van der Waals surface area (Å²) in [6, 6.07) is 7.98. The van der Waals surface area contributed by atoms with Crippen molar-refractivity contribution in [1.29, 1.82) is 0 Å². The van der Waals surface area contributed by atoms with Crippen LogP contribution < -0.4 is 10.3 Å². The Balaban J connectivity index is 1.55. The second kappa shape index (κ2) is 6.80. The van der Waals surface area contributed by atoms with Crippen LogP contribution in [0.25, 0.3) is 4.96 Å². The molecule has 0 aliphatic carbocycles. The van der Waals surface area contributed by atoms with Crippen LogP contribution in [-0.2, 0) is 16.1 Å². The van der Waals surface area contributed by atoms with Gasteiger partial charge in [-0.15, -0.1) is 11.3 Å². The summed E-state index contributed by atoms with van der Waals surface area (Å²) in [5.74, 6) is -0.0316. The fourth-order valence-corrected chi connectivity index (χ4v) is 2.70. The van der Waals surface area contributed by atoms with E-state index in [0.717, 1.165) is 0 Å². The van der Waals surface area contributed by atoms with E-state index in [1.165, 1.54) is 21.8 Å². The maximum atomic E-state index is 11.8. The zero-order valence-electron chi connectivity index (χ0n) is 11.8. The number of fused-ring (bicyclic) bond motifs is 1. The van der Waals surface area contributed by atoms with Gasteiger partial charge in [-0.05, 0) is 24.3 Å². The average Bonchev–Trinajstić information content (AvgIpc) is 3.01. The van der Waals surface area contributed by atoms with Crippen molar-refractivity contribution in [2.45, 2.75) is 6.61 Å². The van der Waals surface area contributed by atoms with Gasteiger partial charge in [-0.3, -0.25) is 9.20 Å². The summed E-state index contributed by atoms with van der Waals surface area (Å²) in [7, 11) is 0. The molecule has 2 aromatic heterocycles. The van der Waals surface area contributed by atoms with Crippen molar-refractivity contribution in [2.75, 3.05) is 6.61 Å². The molecule has 3 aromatic rings. The fraction of sp³-hybridized carbons (Fsp3) is 0.133. The largest absolute Gasteiger partial charge is 0.482 e. The first-order chi connectivity index (χ1) is 11.1. The number of thiazole rings is 1. The summed E-state index contributed by atoms with van der Waals surface area (Å²) in [6.07, 6.45) is 1.64. The van der Waals surface area contributed by atoms with Gasteiger partial charge in [-0.25, -0.2) is 9.78 Å². The van der Waals surface area contributed by atoms with Crippen LogP contribution in [-0.4, -0.2) is 22.0 Å². The summed E-state index contributed by atoms with van der Waals surface area (Å²) in [6.45, 7) is -0.311. The van der Waals surface area contributed by atoms with Gasteiger partial charge in [-0.2, -0.15) is 0 Å². The summed E-state index contributed by atoms with van der Waals surface area (Å²) < 4.78 is 11.8. The van der Waals surface area contributed by atoms with Crippen molar-refractivity contribution in [3.05, 3.63) is 63.0 Å². The van der Waals surface area contributed by atoms with Crippen molar-refractivity contribution in [3.63, 3.8) is 0 Å². The van der Waals surface area contributed by atoms with E-state index in [-0.39, 0.29) is 18.8 Å². The SMILES string of the molecule is O=C(COc1ccc(Cl)cc1)OCc1cc(=O)n2ccsc2n1. The highest BCUT2D eigenvalue weighted by Crippen LogP contribution is 2.15. The number of hydrogen-bond donors (Lipinski definition) is 0. The quantitative estimate of drug-likeness (QED) is 0.661. The number of hydrogen-bond acceptors (Lipinski definition) is 6. The molecule has 1 aromatic carbocycles. The fourth-order valence-electron chi connectivity index (χ4n) is 1.83. The first kappa shape index (κ1) is 15.5. The Labute approximate surface area is 139 Å². The Hall–Kier alpha value is -2.38. The lowest BCUT2D eigenvalue weighted by atomic mass is 10.3. The Morgan fingerprint density at radius 1 is 1.30 bits per heavy atom. The Morgan fingerprint density at radius 3 is 2.87 bits per heavy atom. The van der Waals surface area contributed by atoms with E-state index < -0.39 is 5.97 Å². The lowest BCUT2D eigenvalue weighted by molar-refractivity contribution is -0.147. The van der Waals surface area contributed by atoms with E-state index in [9.17, 15) is 9.59 Å². The summed E-state index contributed by atoms with van der Waals surface area (Å²) >= 11 is 7.09. The highest BCUT2D eigenvalue weighted by molar-refractivity contribution is 7.15. The monoisotopic (exact) mass is 350 g/mol. The van der Waals surface area contributed by atoms with Gasteiger partial charge in [0.05, 0.1) is 5.69 Å². The molecule has 0 saturated heterocycles. The minimum atomic E-state index is -0.548. The van der Waals surface area contributed by atoms with E-state index in [1.807, 2.05) is 0 Å². The second-order valence-corrected chi connectivity index (χ2v) is 5.85. The third-order valence-electron chi connectivity index (χ3n) is 2.91. The van der Waals surface area contributed by atoms with Crippen LogP contribution in [0, 0.1) is 0 Å². The molecule has 0 aliphatic rings. The van der Waals surface area contributed by atoms with Crippen LogP contribution in [0.1, 0.15) is 5.69 Å². The molecule has 0 aliphatic heterocycles. The molecule has 2 heterocycles. The molecule has 8 heteroatoms. The van der Waals surface area contributed by atoms with Gasteiger partial charge in [0.2, 0.25) is 0 Å². The number of aromatic nitrogens is 2. The Morgan fingerprint density at radius 2 is 2.09 bits per heavy atom. The van der Waals surface area contributed by atoms with E-state index in [4.69, 9.17) is 21.1 Å². The number of carbonyl (C=O) groups excluding carboxylic acids is 1. The lowest BCUT2D eigenvalue weighted by Gasteiger charge is -2.07. The maximum Gasteiger partial charge on any atom is 0.344 e. The molecule has 0 N–H and O–H groups in total. The van der Waals surface area contributed by atoms with Crippen LogP contribution >= 0.6 is 22.9 Å². The molecule has 3 rings (SSSR count). The summed E-state index contributed by atoms with van der Waals surface area (Å²) in [5, 5.41) is 2.35. The van der Waals surface area contributed by atoms with Crippen LogP contribution in [0.3, 0.4) is 0 Å². The predicted octanol–water partition coefficient (Wildman–Crippen LogP) is 2.53. The molecule has 6 nitrogen and oxygen atoms in total.